The molecule has 3 heteroatoms. The summed E-state index contributed by atoms with van der Waals surface area (Å²) in [6.07, 6.45) is 0.957. The summed E-state index contributed by atoms with van der Waals surface area (Å²) in [4.78, 5) is 13.6. The van der Waals surface area contributed by atoms with E-state index in [-0.39, 0.29) is 5.91 Å². The number of anilines is 1. The van der Waals surface area contributed by atoms with Gasteiger partial charge in [0.1, 0.15) is 0 Å². The van der Waals surface area contributed by atoms with Crippen molar-refractivity contribution in [2.45, 2.75) is 20.3 Å². The maximum absolute atomic E-state index is 10.9. The summed E-state index contributed by atoms with van der Waals surface area (Å²) in [5, 5.41) is 2.76. The highest BCUT2D eigenvalue weighted by molar-refractivity contribution is 7.11. The SMILES string of the molecule is CC(=O)Nc1ccc(Cc2ccc(C)s2)cc1. The summed E-state index contributed by atoms with van der Waals surface area (Å²) < 4.78 is 0. The van der Waals surface area contributed by atoms with E-state index in [9.17, 15) is 4.79 Å². The number of amides is 1. The van der Waals surface area contributed by atoms with Crippen LogP contribution >= 0.6 is 11.3 Å². The minimum Gasteiger partial charge on any atom is -0.326 e. The molecule has 1 amide bonds. The van der Waals surface area contributed by atoms with Crippen LogP contribution in [-0.2, 0) is 11.2 Å². The quantitative estimate of drug-likeness (QED) is 0.879. The average molecular weight is 245 g/mol. The lowest BCUT2D eigenvalue weighted by Gasteiger charge is -2.03. The highest BCUT2D eigenvalue weighted by Crippen LogP contribution is 2.20. The Bertz CT molecular complexity index is 513. The minimum absolute atomic E-state index is 0.0355. The normalized spacial score (nSPS) is 10.2. The predicted octanol–water partition coefficient (Wildman–Crippen LogP) is 3.61. The molecule has 2 rings (SSSR count). The lowest BCUT2D eigenvalue weighted by Crippen LogP contribution is -2.05. The number of rotatable bonds is 3. The minimum atomic E-state index is -0.0355. The van der Waals surface area contributed by atoms with Crippen molar-refractivity contribution >= 4 is 22.9 Å². The highest BCUT2D eigenvalue weighted by atomic mass is 32.1. The Kier molecular flexibility index (Phi) is 3.59. The molecule has 0 aliphatic heterocycles. The monoisotopic (exact) mass is 245 g/mol. The summed E-state index contributed by atoms with van der Waals surface area (Å²) in [5.41, 5.74) is 2.12. The lowest BCUT2D eigenvalue weighted by atomic mass is 10.1. The molecule has 0 saturated carbocycles. The maximum atomic E-state index is 10.9. The molecule has 2 aromatic rings. The summed E-state index contributed by atoms with van der Waals surface area (Å²) in [7, 11) is 0. The van der Waals surface area contributed by atoms with Gasteiger partial charge >= 0.3 is 0 Å². The third-order valence-electron chi connectivity index (χ3n) is 2.45. The zero-order chi connectivity index (χ0) is 12.3. The van der Waals surface area contributed by atoms with Gasteiger partial charge in [-0.1, -0.05) is 12.1 Å². The average Bonchev–Trinajstić information content (AvgIpc) is 2.66. The van der Waals surface area contributed by atoms with E-state index < -0.39 is 0 Å². The van der Waals surface area contributed by atoms with E-state index in [1.54, 1.807) is 0 Å². The zero-order valence-corrected chi connectivity index (χ0v) is 10.8. The first-order valence-corrected chi connectivity index (χ1v) is 6.37. The van der Waals surface area contributed by atoms with Gasteiger partial charge in [0, 0.05) is 28.8 Å². The van der Waals surface area contributed by atoms with Gasteiger partial charge in [0.2, 0.25) is 5.91 Å². The molecule has 1 aromatic heterocycles. The molecule has 0 aliphatic carbocycles. The standard InChI is InChI=1S/C14H15NOS/c1-10-3-8-14(17-10)9-12-4-6-13(7-5-12)15-11(2)16/h3-8H,9H2,1-2H3,(H,15,16). The Balaban J connectivity index is 2.05. The van der Waals surface area contributed by atoms with Gasteiger partial charge in [0.05, 0.1) is 0 Å². The number of carbonyl (C=O) groups excluding carboxylic acids is 1. The van der Waals surface area contributed by atoms with Crippen molar-refractivity contribution in [1.82, 2.24) is 0 Å². The molecule has 0 unspecified atom stereocenters. The third-order valence-corrected chi connectivity index (χ3v) is 3.45. The molecule has 1 heterocycles. The van der Waals surface area contributed by atoms with E-state index >= 15 is 0 Å². The van der Waals surface area contributed by atoms with E-state index in [0.717, 1.165) is 12.1 Å². The van der Waals surface area contributed by atoms with Crippen LogP contribution in [0.4, 0.5) is 5.69 Å². The second-order valence-corrected chi connectivity index (χ2v) is 5.44. The predicted molar refractivity (Wildman–Crippen MR) is 72.6 cm³/mol. The van der Waals surface area contributed by atoms with Crippen LogP contribution in [0.1, 0.15) is 22.2 Å². The van der Waals surface area contributed by atoms with Crippen molar-refractivity contribution in [1.29, 1.82) is 0 Å². The fourth-order valence-corrected chi connectivity index (χ4v) is 2.62. The molecule has 88 valence electrons. The first-order chi connectivity index (χ1) is 8.13. The summed E-state index contributed by atoms with van der Waals surface area (Å²) in [5.74, 6) is -0.0355. The number of thiophene rings is 1. The van der Waals surface area contributed by atoms with Crippen molar-refractivity contribution in [2.24, 2.45) is 0 Å². The molecule has 17 heavy (non-hydrogen) atoms. The fourth-order valence-electron chi connectivity index (χ4n) is 1.69. The van der Waals surface area contributed by atoms with Gasteiger partial charge in [-0.2, -0.15) is 0 Å². The smallest absolute Gasteiger partial charge is 0.221 e. The number of carbonyl (C=O) groups is 1. The Morgan fingerprint density at radius 2 is 1.88 bits per heavy atom. The maximum Gasteiger partial charge on any atom is 0.221 e. The van der Waals surface area contributed by atoms with Crippen LogP contribution in [0.2, 0.25) is 0 Å². The molecule has 0 spiro atoms. The summed E-state index contributed by atoms with van der Waals surface area (Å²) in [6, 6.07) is 12.3. The number of hydrogen-bond donors (Lipinski definition) is 1. The number of benzene rings is 1. The molecule has 0 saturated heterocycles. The van der Waals surface area contributed by atoms with Crippen LogP contribution in [0.25, 0.3) is 0 Å². The number of aryl methyl sites for hydroxylation is 1. The van der Waals surface area contributed by atoms with Crippen molar-refractivity contribution in [3.63, 3.8) is 0 Å². The van der Waals surface area contributed by atoms with E-state index in [4.69, 9.17) is 0 Å². The van der Waals surface area contributed by atoms with Crippen molar-refractivity contribution in [3.8, 4) is 0 Å². The molecule has 0 bridgehead atoms. The Labute approximate surface area is 105 Å². The van der Waals surface area contributed by atoms with Gasteiger partial charge < -0.3 is 5.32 Å². The summed E-state index contributed by atoms with van der Waals surface area (Å²) in [6.45, 7) is 3.64. The van der Waals surface area contributed by atoms with Crippen LogP contribution in [0.3, 0.4) is 0 Å². The molecule has 0 fully saturated rings. The van der Waals surface area contributed by atoms with E-state index in [1.165, 1.54) is 22.2 Å². The molecule has 1 N–H and O–H groups in total. The Hall–Kier alpha value is -1.61. The molecular formula is C14H15NOS. The van der Waals surface area contributed by atoms with Gasteiger partial charge in [0.25, 0.3) is 0 Å². The van der Waals surface area contributed by atoms with Gasteiger partial charge in [-0.25, -0.2) is 0 Å². The fraction of sp³-hybridized carbons (Fsp3) is 0.214. The van der Waals surface area contributed by atoms with Crippen molar-refractivity contribution < 1.29 is 4.79 Å². The van der Waals surface area contributed by atoms with Gasteiger partial charge in [-0.3, -0.25) is 4.79 Å². The van der Waals surface area contributed by atoms with Crippen LogP contribution in [0, 0.1) is 6.92 Å². The zero-order valence-electron chi connectivity index (χ0n) is 9.99. The van der Waals surface area contributed by atoms with E-state index in [1.807, 2.05) is 23.5 Å². The van der Waals surface area contributed by atoms with Crippen LogP contribution in [0.5, 0.6) is 0 Å². The van der Waals surface area contributed by atoms with Crippen LogP contribution < -0.4 is 5.32 Å². The second kappa shape index (κ2) is 5.15. The van der Waals surface area contributed by atoms with Gasteiger partial charge in [-0.15, -0.1) is 11.3 Å². The first-order valence-electron chi connectivity index (χ1n) is 5.55. The Morgan fingerprint density at radius 1 is 1.18 bits per heavy atom. The molecule has 1 aromatic carbocycles. The largest absolute Gasteiger partial charge is 0.326 e. The van der Waals surface area contributed by atoms with Gasteiger partial charge in [0.15, 0.2) is 0 Å². The third kappa shape index (κ3) is 3.43. The summed E-state index contributed by atoms with van der Waals surface area (Å²) >= 11 is 1.83. The second-order valence-electron chi connectivity index (χ2n) is 4.07. The molecule has 0 aliphatic rings. The lowest BCUT2D eigenvalue weighted by molar-refractivity contribution is -0.114. The van der Waals surface area contributed by atoms with Crippen LogP contribution in [0.15, 0.2) is 36.4 Å². The first kappa shape index (κ1) is 11.9. The molecule has 0 radical (unpaired) electrons. The Morgan fingerprint density at radius 3 is 2.41 bits per heavy atom. The number of nitrogens with one attached hydrogen (secondary N) is 1. The number of hydrogen-bond acceptors (Lipinski definition) is 2. The highest BCUT2D eigenvalue weighted by Gasteiger charge is 2.00. The molecule has 0 atom stereocenters. The van der Waals surface area contributed by atoms with E-state index in [0.29, 0.717) is 0 Å². The van der Waals surface area contributed by atoms with Gasteiger partial charge in [-0.05, 0) is 36.8 Å². The van der Waals surface area contributed by atoms with Crippen LogP contribution in [-0.4, -0.2) is 5.91 Å². The van der Waals surface area contributed by atoms with Crippen molar-refractivity contribution in [2.75, 3.05) is 5.32 Å². The van der Waals surface area contributed by atoms with Crippen molar-refractivity contribution in [3.05, 3.63) is 51.7 Å². The molecular weight excluding hydrogens is 230 g/mol. The topological polar surface area (TPSA) is 29.1 Å². The van der Waals surface area contributed by atoms with E-state index in [2.05, 4.69) is 36.5 Å². The molecule has 2 nitrogen and oxygen atoms in total.